The lowest BCUT2D eigenvalue weighted by molar-refractivity contribution is -0.137. The maximum Gasteiger partial charge on any atom is 0.416 e. The molecule has 0 radical (unpaired) electrons. The molecule has 0 saturated heterocycles. The fourth-order valence-electron chi connectivity index (χ4n) is 2.72. The second-order valence-electron chi connectivity index (χ2n) is 7.24. The summed E-state index contributed by atoms with van der Waals surface area (Å²) in [5.74, 6) is -0.205. The maximum atomic E-state index is 13.1. The Kier molecular flexibility index (Phi) is 8.52. The largest absolute Gasteiger partial charge is 0.489 e. The normalized spacial score (nSPS) is 12.0. The van der Waals surface area contributed by atoms with Crippen molar-refractivity contribution in [3.8, 4) is 5.75 Å². The topological polar surface area (TPSA) is 65.4 Å². The number of rotatable bonds is 9. The number of nitrogens with one attached hydrogen (secondary N) is 1. The van der Waals surface area contributed by atoms with Crippen LogP contribution in [0.2, 0.25) is 5.15 Å². The SMILES string of the molecule is COCCOc1ccc(C(F)(F)F)cc1NC(=O)/C=C/c1c(C)nn(CC(C)C)c1Cl. The van der Waals surface area contributed by atoms with E-state index >= 15 is 0 Å². The number of alkyl halides is 3. The minimum atomic E-state index is -4.56. The van der Waals surface area contributed by atoms with Crippen LogP contribution in [0, 0.1) is 12.8 Å². The summed E-state index contributed by atoms with van der Waals surface area (Å²) in [4.78, 5) is 12.4. The molecule has 1 N–H and O–H groups in total. The standard InChI is InChI=1S/C21H25ClF3N3O3/c1-13(2)12-28-20(22)16(14(3)27-28)6-8-19(29)26-17-11-15(21(23,24)25)5-7-18(17)31-10-9-30-4/h5-8,11,13H,9-10,12H2,1-4H3,(H,26,29)/b8-6+. The van der Waals surface area contributed by atoms with Crippen LogP contribution in [0.5, 0.6) is 5.75 Å². The third kappa shape index (κ3) is 7.00. The lowest BCUT2D eigenvalue weighted by atomic mass is 10.1. The highest BCUT2D eigenvalue weighted by atomic mass is 35.5. The number of aromatic nitrogens is 2. The lowest BCUT2D eigenvalue weighted by Gasteiger charge is -2.14. The number of carbonyl (C=O) groups excluding carboxylic acids is 1. The highest BCUT2D eigenvalue weighted by Gasteiger charge is 2.31. The summed E-state index contributed by atoms with van der Waals surface area (Å²) < 4.78 is 51.2. The van der Waals surface area contributed by atoms with Crippen LogP contribution < -0.4 is 10.1 Å². The van der Waals surface area contributed by atoms with E-state index in [0.29, 0.717) is 28.9 Å². The van der Waals surface area contributed by atoms with Gasteiger partial charge < -0.3 is 14.8 Å². The molecule has 0 atom stereocenters. The van der Waals surface area contributed by atoms with Gasteiger partial charge in [0.25, 0.3) is 0 Å². The lowest BCUT2D eigenvalue weighted by Crippen LogP contribution is -2.13. The van der Waals surface area contributed by atoms with Crippen molar-refractivity contribution in [1.82, 2.24) is 9.78 Å². The first kappa shape index (κ1) is 24.7. The highest BCUT2D eigenvalue weighted by molar-refractivity contribution is 6.31. The Labute approximate surface area is 184 Å². The summed E-state index contributed by atoms with van der Waals surface area (Å²) in [5, 5.41) is 7.17. The van der Waals surface area contributed by atoms with Crippen LogP contribution in [0.1, 0.15) is 30.7 Å². The van der Waals surface area contributed by atoms with Gasteiger partial charge in [-0.2, -0.15) is 18.3 Å². The molecular weight excluding hydrogens is 435 g/mol. The zero-order valence-electron chi connectivity index (χ0n) is 17.7. The van der Waals surface area contributed by atoms with Gasteiger partial charge in [-0.25, -0.2) is 0 Å². The summed E-state index contributed by atoms with van der Waals surface area (Å²) in [5.41, 5.74) is 0.203. The van der Waals surface area contributed by atoms with Crippen molar-refractivity contribution < 1.29 is 27.4 Å². The fraction of sp³-hybridized carbons (Fsp3) is 0.429. The Balaban J connectivity index is 2.23. The van der Waals surface area contributed by atoms with E-state index in [1.807, 2.05) is 13.8 Å². The van der Waals surface area contributed by atoms with Crippen molar-refractivity contribution in [3.63, 3.8) is 0 Å². The smallest absolute Gasteiger partial charge is 0.416 e. The first-order chi connectivity index (χ1) is 14.5. The van der Waals surface area contributed by atoms with E-state index in [4.69, 9.17) is 21.1 Å². The number of benzene rings is 1. The molecule has 2 aromatic rings. The second-order valence-corrected chi connectivity index (χ2v) is 7.60. The minimum Gasteiger partial charge on any atom is -0.489 e. The van der Waals surface area contributed by atoms with Crippen LogP contribution in [0.3, 0.4) is 0 Å². The predicted molar refractivity (Wildman–Crippen MR) is 113 cm³/mol. The molecule has 6 nitrogen and oxygen atoms in total. The van der Waals surface area contributed by atoms with Gasteiger partial charge in [-0.1, -0.05) is 25.4 Å². The molecular formula is C21H25ClF3N3O3. The van der Waals surface area contributed by atoms with Crippen LogP contribution >= 0.6 is 11.6 Å². The van der Waals surface area contributed by atoms with Crippen LogP contribution in [0.15, 0.2) is 24.3 Å². The first-order valence-corrected chi connectivity index (χ1v) is 9.95. The van der Waals surface area contributed by atoms with E-state index in [2.05, 4.69) is 10.4 Å². The van der Waals surface area contributed by atoms with E-state index in [0.717, 1.165) is 18.2 Å². The summed E-state index contributed by atoms with van der Waals surface area (Å²) >= 11 is 6.35. The maximum absolute atomic E-state index is 13.1. The molecule has 0 fully saturated rings. The zero-order valence-corrected chi connectivity index (χ0v) is 18.5. The van der Waals surface area contributed by atoms with Gasteiger partial charge in [0.15, 0.2) is 0 Å². The molecule has 10 heteroatoms. The van der Waals surface area contributed by atoms with Gasteiger partial charge in [-0.3, -0.25) is 9.48 Å². The molecule has 0 aliphatic carbocycles. The molecule has 170 valence electrons. The number of anilines is 1. The van der Waals surface area contributed by atoms with Crippen LogP contribution in [0.4, 0.5) is 18.9 Å². The number of carbonyl (C=O) groups is 1. The average molecular weight is 460 g/mol. The Morgan fingerprint density at radius 1 is 1.32 bits per heavy atom. The van der Waals surface area contributed by atoms with E-state index in [1.54, 1.807) is 11.6 Å². The Bertz CT molecular complexity index is 940. The molecule has 1 amide bonds. The molecule has 1 heterocycles. The number of halogens is 4. The van der Waals surface area contributed by atoms with Crippen molar-refractivity contribution in [1.29, 1.82) is 0 Å². The summed E-state index contributed by atoms with van der Waals surface area (Å²) in [6.45, 7) is 6.78. The monoisotopic (exact) mass is 459 g/mol. The zero-order chi connectivity index (χ0) is 23.2. The number of hydrogen-bond acceptors (Lipinski definition) is 4. The molecule has 0 bridgehead atoms. The Morgan fingerprint density at radius 2 is 2.03 bits per heavy atom. The van der Waals surface area contributed by atoms with Gasteiger partial charge in [0.1, 0.15) is 17.5 Å². The van der Waals surface area contributed by atoms with Crippen LogP contribution in [0.25, 0.3) is 6.08 Å². The third-order valence-corrected chi connectivity index (χ3v) is 4.56. The van der Waals surface area contributed by atoms with Gasteiger partial charge in [-0.05, 0) is 37.1 Å². The van der Waals surface area contributed by atoms with Crippen molar-refractivity contribution in [2.24, 2.45) is 5.92 Å². The van der Waals surface area contributed by atoms with Gasteiger partial charge in [0, 0.05) is 25.3 Å². The van der Waals surface area contributed by atoms with Gasteiger partial charge in [0.05, 0.1) is 23.6 Å². The molecule has 1 aromatic heterocycles. The van der Waals surface area contributed by atoms with E-state index in [-0.39, 0.29) is 24.7 Å². The van der Waals surface area contributed by atoms with Crippen LogP contribution in [-0.4, -0.2) is 36.0 Å². The second kappa shape index (κ2) is 10.7. The van der Waals surface area contributed by atoms with Gasteiger partial charge in [-0.15, -0.1) is 0 Å². The molecule has 2 rings (SSSR count). The van der Waals surface area contributed by atoms with Crippen LogP contribution in [-0.2, 0) is 22.3 Å². The minimum absolute atomic E-state index is 0.0982. The number of nitrogens with zero attached hydrogens (tertiary/aromatic N) is 2. The van der Waals surface area contributed by atoms with E-state index < -0.39 is 17.6 Å². The molecule has 0 spiro atoms. The molecule has 0 aliphatic heterocycles. The van der Waals surface area contributed by atoms with E-state index in [9.17, 15) is 18.0 Å². The summed E-state index contributed by atoms with van der Waals surface area (Å²) in [6, 6.07) is 2.88. The van der Waals surface area contributed by atoms with Crippen molar-refractivity contribution in [3.05, 3.63) is 46.2 Å². The molecule has 1 aromatic carbocycles. The number of hydrogen-bond donors (Lipinski definition) is 1. The number of methoxy groups -OCH3 is 1. The third-order valence-electron chi connectivity index (χ3n) is 4.16. The summed E-state index contributed by atoms with van der Waals surface area (Å²) in [6.07, 6.45) is -1.89. The van der Waals surface area contributed by atoms with Crippen molar-refractivity contribution in [2.45, 2.75) is 33.5 Å². The van der Waals surface area contributed by atoms with Crippen molar-refractivity contribution >= 4 is 29.3 Å². The number of ether oxygens (including phenoxy) is 2. The average Bonchev–Trinajstić information content (AvgIpc) is 2.93. The predicted octanol–water partition coefficient (Wildman–Crippen LogP) is 5.20. The molecule has 31 heavy (non-hydrogen) atoms. The first-order valence-electron chi connectivity index (χ1n) is 9.57. The highest BCUT2D eigenvalue weighted by Crippen LogP contribution is 2.35. The Hall–Kier alpha value is -2.52. The molecule has 0 aliphatic rings. The molecule has 0 unspecified atom stereocenters. The van der Waals surface area contributed by atoms with Crippen molar-refractivity contribution in [2.75, 3.05) is 25.6 Å². The van der Waals surface area contributed by atoms with E-state index in [1.165, 1.54) is 19.3 Å². The summed E-state index contributed by atoms with van der Waals surface area (Å²) in [7, 11) is 1.47. The van der Waals surface area contributed by atoms with Gasteiger partial charge >= 0.3 is 6.18 Å². The fourth-order valence-corrected chi connectivity index (χ4v) is 3.03. The number of amides is 1. The van der Waals surface area contributed by atoms with Gasteiger partial charge in [0.2, 0.25) is 5.91 Å². The number of aryl methyl sites for hydroxylation is 1. The quantitative estimate of drug-likeness (QED) is 0.413. The Morgan fingerprint density at radius 3 is 2.65 bits per heavy atom. The molecule has 0 saturated carbocycles.